The Bertz CT molecular complexity index is 683. The molecule has 0 fully saturated rings. The molecule has 0 bridgehead atoms. The quantitative estimate of drug-likeness (QED) is 0.805. The van der Waals surface area contributed by atoms with Gasteiger partial charge < -0.3 is 10.8 Å². The number of hydrogen-bond acceptors (Lipinski definition) is 3. The zero-order valence-electron chi connectivity index (χ0n) is 11.9. The SMILES string of the molecule is [2H]c1c(Cl)cc2c([2H])c(N)c(C(C)(C)O)nc2c1[2H]. The molecule has 0 saturated heterocycles. The van der Waals surface area contributed by atoms with Crippen LogP contribution in [-0.4, -0.2) is 10.1 Å². The standard InChI is InChI=1S/C12H13ClN2O/c1-12(2,16)11-9(14)6-7-5-8(13)3-4-10(7)15-11/h3-6,16H,14H2,1-2H3/i3D,4D,6D. The molecule has 3 N–H and O–H groups in total. The van der Waals surface area contributed by atoms with Gasteiger partial charge in [-0.1, -0.05) is 11.6 Å². The Morgan fingerprint density at radius 1 is 1.50 bits per heavy atom. The molecule has 0 aliphatic heterocycles. The zero-order valence-corrected chi connectivity index (χ0v) is 9.68. The molecule has 1 aromatic carbocycles. The second kappa shape index (κ2) is 3.61. The maximum atomic E-state index is 10.0. The second-order valence-corrected chi connectivity index (χ2v) is 4.47. The average Bonchev–Trinajstić information content (AvgIpc) is 2.30. The van der Waals surface area contributed by atoms with E-state index < -0.39 is 5.60 Å². The summed E-state index contributed by atoms with van der Waals surface area (Å²) in [6.07, 6.45) is 0. The van der Waals surface area contributed by atoms with Crippen molar-refractivity contribution in [1.29, 1.82) is 0 Å². The van der Waals surface area contributed by atoms with E-state index >= 15 is 0 Å². The number of nitrogens with zero attached hydrogens (tertiary/aromatic N) is 1. The van der Waals surface area contributed by atoms with Crippen molar-refractivity contribution in [3.63, 3.8) is 0 Å². The van der Waals surface area contributed by atoms with E-state index in [4.69, 9.17) is 21.4 Å². The predicted octanol–water partition coefficient (Wildman–Crippen LogP) is 2.70. The Kier molecular flexibility index (Phi) is 1.78. The Morgan fingerprint density at radius 2 is 2.19 bits per heavy atom. The van der Waals surface area contributed by atoms with Crippen LogP contribution >= 0.6 is 11.6 Å². The monoisotopic (exact) mass is 239 g/mol. The molecule has 84 valence electrons. The van der Waals surface area contributed by atoms with Crippen LogP contribution in [0.5, 0.6) is 0 Å². The van der Waals surface area contributed by atoms with Crippen molar-refractivity contribution in [3.05, 3.63) is 34.9 Å². The van der Waals surface area contributed by atoms with Crippen LogP contribution < -0.4 is 5.73 Å². The molecule has 0 spiro atoms. The fraction of sp³-hybridized carbons (Fsp3) is 0.250. The van der Waals surface area contributed by atoms with Crippen LogP contribution in [0.25, 0.3) is 10.9 Å². The smallest absolute Gasteiger partial charge is 0.103 e. The first-order valence-corrected chi connectivity index (χ1v) is 5.10. The Balaban J connectivity index is 2.98. The van der Waals surface area contributed by atoms with Crippen molar-refractivity contribution in [2.45, 2.75) is 19.4 Å². The second-order valence-electron chi connectivity index (χ2n) is 4.06. The summed E-state index contributed by atoms with van der Waals surface area (Å²) in [5, 5.41) is 10.4. The summed E-state index contributed by atoms with van der Waals surface area (Å²) in [5.41, 5.74) is 4.80. The number of anilines is 1. The van der Waals surface area contributed by atoms with Crippen molar-refractivity contribution in [2.24, 2.45) is 0 Å². The summed E-state index contributed by atoms with van der Waals surface area (Å²) in [5.74, 6) is 0. The zero-order chi connectivity index (χ0) is 14.5. The molecular weight excluding hydrogens is 224 g/mol. The summed E-state index contributed by atoms with van der Waals surface area (Å²) in [4.78, 5) is 4.15. The third-order valence-electron chi connectivity index (χ3n) is 2.15. The van der Waals surface area contributed by atoms with Crippen LogP contribution in [0.3, 0.4) is 0 Å². The van der Waals surface area contributed by atoms with Crippen molar-refractivity contribution >= 4 is 28.2 Å². The molecular formula is C12H13ClN2O. The van der Waals surface area contributed by atoms with Crippen LogP contribution in [0.1, 0.15) is 23.7 Å². The third-order valence-corrected chi connectivity index (χ3v) is 2.36. The molecule has 0 atom stereocenters. The molecule has 0 amide bonds. The molecule has 1 aromatic heterocycles. The minimum Gasteiger partial charge on any atom is -0.397 e. The van der Waals surface area contributed by atoms with Crippen LogP contribution in [0.2, 0.25) is 5.02 Å². The van der Waals surface area contributed by atoms with Crippen molar-refractivity contribution in [3.8, 4) is 0 Å². The van der Waals surface area contributed by atoms with Gasteiger partial charge in [0.2, 0.25) is 0 Å². The van der Waals surface area contributed by atoms with E-state index in [0.29, 0.717) is 5.39 Å². The summed E-state index contributed by atoms with van der Waals surface area (Å²) < 4.78 is 23.5. The molecule has 0 aliphatic rings. The first-order chi connectivity index (χ1) is 8.64. The molecule has 0 radical (unpaired) electrons. The number of pyridine rings is 1. The maximum absolute atomic E-state index is 10.0. The number of benzene rings is 1. The van der Waals surface area contributed by atoms with E-state index in [1.165, 1.54) is 19.9 Å². The molecule has 1 heterocycles. The van der Waals surface area contributed by atoms with Gasteiger partial charge in [-0.25, -0.2) is 4.98 Å². The molecule has 2 aromatic rings. The van der Waals surface area contributed by atoms with E-state index in [1.54, 1.807) is 0 Å². The highest BCUT2D eigenvalue weighted by atomic mass is 35.5. The van der Waals surface area contributed by atoms with Gasteiger partial charge in [0.1, 0.15) is 5.60 Å². The van der Waals surface area contributed by atoms with Gasteiger partial charge in [0.15, 0.2) is 0 Å². The maximum Gasteiger partial charge on any atom is 0.103 e. The van der Waals surface area contributed by atoms with Gasteiger partial charge in [-0.05, 0) is 38.0 Å². The van der Waals surface area contributed by atoms with E-state index in [1.807, 2.05) is 0 Å². The van der Waals surface area contributed by atoms with Crippen LogP contribution in [0, 0.1) is 0 Å². The highest BCUT2D eigenvalue weighted by Gasteiger charge is 2.21. The number of rotatable bonds is 1. The van der Waals surface area contributed by atoms with Gasteiger partial charge in [0.05, 0.1) is 21.0 Å². The highest BCUT2D eigenvalue weighted by molar-refractivity contribution is 6.31. The van der Waals surface area contributed by atoms with Crippen LogP contribution in [-0.2, 0) is 5.60 Å². The molecule has 2 rings (SSSR count). The van der Waals surface area contributed by atoms with Crippen molar-refractivity contribution in [1.82, 2.24) is 4.98 Å². The predicted molar refractivity (Wildman–Crippen MR) is 66.4 cm³/mol. The van der Waals surface area contributed by atoms with E-state index in [0.717, 1.165) is 0 Å². The lowest BCUT2D eigenvalue weighted by atomic mass is 10.0. The van der Waals surface area contributed by atoms with Gasteiger partial charge in [-0.2, -0.15) is 0 Å². The molecule has 16 heavy (non-hydrogen) atoms. The lowest BCUT2D eigenvalue weighted by Crippen LogP contribution is -2.19. The Hall–Kier alpha value is -1.32. The number of nitrogen functional groups attached to an aromatic ring is 1. The van der Waals surface area contributed by atoms with Gasteiger partial charge in [0.25, 0.3) is 0 Å². The van der Waals surface area contributed by atoms with Gasteiger partial charge in [-0.3, -0.25) is 0 Å². The van der Waals surface area contributed by atoms with Crippen molar-refractivity contribution < 1.29 is 9.22 Å². The fourth-order valence-corrected chi connectivity index (χ4v) is 1.60. The topological polar surface area (TPSA) is 59.1 Å². The van der Waals surface area contributed by atoms with Gasteiger partial charge >= 0.3 is 0 Å². The lowest BCUT2D eigenvalue weighted by Gasteiger charge is -2.19. The number of hydrogen-bond donors (Lipinski definition) is 2. The van der Waals surface area contributed by atoms with Crippen molar-refractivity contribution in [2.75, 3.05) is 5.73 Å². The first-order valence-electron chi connectivity index (χ1n) is 6.23. The number of aromatic nitrogens is 1. The van der Waals surface area contributed by atoms with Gasteiger partial charge in [-0.15, -0.1) is 0 Å². The number of aliphatic hydroxyl groups is 1. The number of fused-ring (bicyclic) bond motifs is 1. The van der Waals surface area contributed by atoms with Crippen LogP contribution in [0.15, 0.2) is 24.2 Å². The third kappa shape index (κ3) is 1.96. The lowest BCUT2D eigenvalue weighted by molar-refractivity contribution is 0.0751. The molecule has 0 aliphatic carbocycles. The summed E-state index contributed by atoms with van der Waals surface area (Å²) in [7, 11) is 0. The largest absolute Gasteiger partial charge is 0.397 e. The average molecular weight is 240 g/mol. The van der Waals surface area contributed by atoms with E-state index in [9.17, 15) is 5.11 Å². The Labute approximate surface area is 103 Å². The number of halogens is 1. The first kappa shape index (κ1) is 7.87. The molecule has 4 heteroatoms. The van der Waals surface area contributed by atoms with E-state index in [-0.39, 0.29) is 40.0 Å². The van der Waals surface area contributed by atoms with Gasteiger partial charge in [0, 0.05) is 10.4 Å². The molecule has 0 saturated carbocycles. The highest BCUT2D eigenvalue weighted by Crippen LogP contribution is 2.28. The van der Waals surface area contributed by atoms with E-state index in [2.05, 4.69) is 4.98 Å². The summed E-state index contributed by atoms with van der Waals surface area (Å²) >= 11 is 5.84. The van der Waals surface area contributed by atoms with Crippen LogP contribution in [0.4, 0.5) is 5.69 Å². The summed E-state index contributed by atoms with van der Waals surface area (Å²) in [6.45, 7) is 3.00. The Morgan fingerprint density at radius 3 is 2.81 bits per heavy atom. The fourth-order valence-electron chi connectivity index (χ4n) is 1.44. The summed E-state index contributed by atoms with van der Waals surface area (Å²) in [6, 6.07) is 1.02. The number of nitrogens with two attached hydrogens (primary N) is 1. The molecule has 0 unspecified atom stereocenters. The minimum absolute atomic E-state index is 0.0440. The normalized spacial score (nSPS) is 14.6. The molecule has 3 nitrogen and oxygen atoms in total. The minimum atomic E-state index is -1.33.